The number of amides is 1. The molecular formula is C14H21N3O5S. The predicted molar refractivity (Wildman–Crippen MR) is 82.2 cm³/mol. The van der Waals surface area contributed by atoms with Crippen molar-refractivity contribution in [3.8, 4) is 0 Å². The number of ether oxygens (including phenoxy) is 1. The van der Waals surface area contributed by atoms with Crippen molar-refractivity contribution in [1.29, 1.82) is 0 Å². The Labute approximate surface area is 135 Å². The summed E-state index contributed by atoms with van der Waals surface area (Å²) >= 11 is 0. The molecule has 2 saturated heterocycles. The summed E-state index contributed by atoms with van der Waals surface area (Å²) in [7, 11) is -3.47. The summed E-state index contributed by atoms with van der Waals surface area (Å²) in [4.78, 5) is 14.0. The fourth-order valence-corrected chi connectivity index (χ4v) is 4.36. The average Bonchev–Trinajstić information content (AvgIpc) is 3.01. The van der Waals surface area contributed by atoms with Crippen molar-refractivity contribution in [2.24, 2.45) is 0 Å². The monoisotopic (exact) mass is 343 g/mol. The van der Waals surface area contributed by atoms with Crippen molar-refractivity contribution in [2.75, 3.05) is 52.5 Å². The van der Waals surface area contributed by atoms with E-state index in [2.05, 4.69) is 0 Å². The standard InChI is InChI=1S/C14H21N3O5S/c1-12-2-9-22-13(12)14(18)15-3-5-16(6-4-15)23(19,20)17-7-10-21-11-8-17/h2,9H,3-8,10-11H2,1H3. The van der Waals surface area contributed by atoms with E-state index in [1.165, 1.54) is 14.9 Å². The molecule has 0 aromatic carbocycles. The number of furan rings is 1. The molecule has 9 heteroatoms. The molecule has 23 heavy (non-hydrogen) atoms. The highest BCUT2D eigenvalue weighted by atomic mass is 32.2. The number of nitrogens with zero attached hydrogens (tertiary/aromatic N) is 3. The van der Waals surface area contributed by atoms with Gasteiger partial charge in [-0.25, -0.2) is 0 Å². The van der Waals surface area contributed by atoms with Gasteiger partial charge in [-0.05, 0) is 13.0 Å². The molecule has 0 atom stereocenters. The molecule has 1 aromatic rings. The van der Waals surface area contributed by atoms with E-state index in [0.717, 1.165) is 5.56 Å². The third-order valence-corrected chi connectivity index (χ3v) is 6.24. The van der Waals surface area contributed by atoms with Gasteiger partial charge in [0.05, 0.1) is 19.5 Å². The summed E-state index contributed by atoms with van der Waals surface area (Å²) in [6, 6.07) is 1.74. The lowest BCUT2D eigenvalue weighted by Gasteiger charge is -2.37. The normalized spacial score (nSPS) is 21.5. The van der Waals surface area contributed by atoms with E-state index in [9.17, 15) is 13.2 Å². The van der Waals surface area contributed by atoms with Crippen LogP contribution >= 0.6 is 0 Å². The number of rotatable bonds is 3. The van der Waals surface area contributed by atoms with E-state index in [4.69, 9.17) is 9.15 Å². The minimum absolute atomic E-state index is 0.184. The van der Waals surface area contributed by atoms with Gasteiger partial charge in [-0.1, -0.05) is 0 Å². The van der Waals surface area contributed by atoms with Gasteiger partial charge in [0.1, 0.15) is 0 Å². The van der Waals surface area contributed by atoms with Gasteiger partial charge < -0.3 is 14.1 Å². The van der Waals surface area contributed by atoms with E-state index in [0.29, 0.717) is 58.2 Å². The Balaban J connectivity index is 1.62. The van der Waals surface area contributed by atoms with Crippen LogP contribution in [0.5, 0.6) is 0 Å². The maximum atomic E-state index is 12.6. The van der Waals surface area contributed by atoms with Crippen molar-refractivity contribution >= 4 is 16.1 Å². The van der Waals surface area contributed by atoms with E-state index in [-0.39, 0.29) is 5.91 Å². The molecule has 0 unspecified atom stereocenters. The highest BCUT2D eigenvalue weighted by Gasteiger charge is 2.34. The minimum Gasteiger partial charge on any atom is -0.459 e. The Morgan fingerprint density at radius 1 is 1.04 bits per heavy atom. The number of piperazine rings is 1. The van der Waals surface area contributed by atoms with Crippen molar-refractivity contribution in [2.45, 2.75) is 6.92 Å². The second-order valence-corrected chi connectivity index (χ2v) is 7.57. The molecule has 0 spiro atoms. The molecule has 2 aliphatic rings. The topological polar surface area (TPSA) is 83.3 Å². The van der Waals surface area contributed by atoms with Crippen LogP contribution in [0.3, 0.4) is 0 Å². The number of hydrogen-bond donors (Lipinski definition) is 0. The molecule has 0 N–H and O–H groups in total. The number of hydrogen-bond acceptors (Lipinski definition) is 5. The van der Waals surface area contributed by atoms with E-state index in [1.54, 1.807) is 11.0 Å². The van der Waals surface area contributed by atoms with Crippen LogP contribution in [-0.4, -0.2) is 80.3 Å². The Morgan fingerprint density at radius 3 is 2.22 bits per heavy atom. The molecule has 0 aliphatic carbocycles. The van der Waals surface area contributed by atoms with Crippen molar-refractivity contribution in [3.05, 3.63) is 23.7 Å². The van der Waals surface area contributed by atoms with Gasteiger partial charge in [0.25, 0.3) is 16.1 Å². The predicted octanol–water partition coefficient (Wildman–Crippen LogP) is -0.0772. The fraction of sp³-hybridized carbons (Fsp3) is 0.643. The van der Waals surface area contributed by atoms with Gasteiger partial charge in [-0.2, -0.15) is 17.0 Å². The Kier molecular flexibility index (Phi) is 4.72. The zero-order chi connectivity index (χ0) is 16.4. The molecule has 0 saturated carbocycles. The minimum atomic E-state index is -3.47. The number of morpholine rings is 1. The molecule has 3 heterocycles. The van der Waals surface area contributed by atoms with Crippen LogP contribution in [-0.2, 0) is 14.9 Å². The van der Waals surface area contributed by atoms with Gasteiger partial charge in [0.2, 0.25) is 0 Å². The molecular weight excluding hydrogens is 322 g/mol. The lowest BCUT2D eigenvalue weighted by atomic mass is 10.2. The molecule has 3 rings (SSSR count). The molecule has 2 fully saturated rings. The SMILES string of the molecule is Cc1ccoc1C(=O)N1CCN(S(=O)(=O)N2CCOCC2)CC1. The van der Waals surface area contributed by atoms with Crippen LogP contribution in [0.1, 0.15) is 16.1 Å². The molecule has 2 aliphatic heterocycles. The Morgan fingerprint density at radius 2 is 1.65 bits per heavy atom. The van der Waals surface area contributed by atoms with Gasteiger partial charge in [0, 0.05) is 44.8 Å². The fourth-order valence-electron chi connectivity index (χ4n) is 2.80. The van der Waals surface area contributed by atoms with Crippen LogP contribution in [0.25, 0.3) is 0 Å². The largest absolute Gasteiger partial charge is 0.459 e. The van der Waals surface area contributed by atoms with Crippen LogP contribution in [0.15, 0.2) is 16.7 Å². The number of carbonyl (C=O) groups excluding carboxylic acids is 1. The first-order chi connectivity index (χ1) is 11.0. The van der Waals surface area contributed by atoms with Gasteiger partial charge in [-0.15, -0.1) is 0 Å². The zero-order valence-corrected chi connectivity index (χ0v) is 13.9. The van der Waals surface area contributed by atoms with E-state index in [1.807, 2.05) is 6.92 Å². The molecule has 8 nitrogen and oxygen atoms in total. The summed E-state index contributed by atoms with van der Waals surface area (Å²) in [6.45, 7) is 4.75. The van der Waals surface area contributed by atoms with Gasteiger partial charge in [0.15, 0.2) is 5.76 Å². The third kappa shape index (κ3) is 3.27. The maximum Gasteiger partial charge on any atom is 0.289 e. The van der Waals surface area contributed by atoms with Crippen molar-refractivity contribution in [3.63, 3.8) is 0 Å². The highest BCUT2D eigenvalue weighted by molar-refractivity contribution is 7.86. The summed E-state index contributed by atoms with van der Waals surface area (Å²) < 4.78 is 38.5. The first-order valence-corrected chi connectivity index (χ1v) is 9.06. The van der Waals surface area contributed by atoms with Crippen LogP contribution in [0, 0.1) is 6.92 Å². The summed E-state index contributed by atoms with van der Waals surface area (Å²) in [5.41, 5.74) is 0.790. The summed E-state index contributed by atoms with van der Waals surface area (Å²) in [5.74, 6) is 0.144. The summed E-state index contributed by atoms with van der Waals surface area (Å²) in [5, 5.41) is 0. The second kappa shape index (κ2) is 6.60. The zero-order valence-electron chi connectivity index (χ0n) is 13.1. The van der Waals surface area contributed by atoms with E-state index < -0.39 is 10.2 Å². The lowest BCUT2D eigenvalue weighted by molar-refractivity contribution is 0.0618. The first-order valence-electron chi connectivity index (χ1n) is 7.66. The Bertz CT molecular complexity index is 658. The molecule has 1 amide bonds. The van der Waals surface area contributed by atoms with Crippen LogP contribution in [0.4, 0.5) is 0 Å². The average molecular weight is 343 g/mol. The number of carbonyl (C=O) groups is 1. The highest BCUT2D eigenvalue weighted by Crippen LogP contribution is 2.17. The first kappa shape index (κ1) is 16.4. The van der Waals surface area contributed by atoms with E-state index >= 15 is 0 Å². The van der Waals surface area contributed by atoms with Crippen LogP contribution in [0.2, 0.25) is 0 Å². The van der Waals surface area contributed by atoms with Crippen molar-refractivity contribution in [1.82, 2.24) is 13.5 Å². The molecule has 0 radical (unpaired) electrons. The second-order valence-electron chi connectivity index (χ2n) is 5.64. The van der Waals surface area contributed by atoms with Crippen molar-refractivity contribution < 1.29 is 22.4 Å². The maximum absolute atomic E-state index is 12.6. The Hall–Kier alpha value is -1.42. The van der Waals surface area contributed by atoms with Crippen LogP contribution < -0.4 is 0 Å². The lowest BCUT2D eigenvalue weighted by Crippen LogP contribution is -2.55. The molecule has 1 aromatic heterocycles. The van der Waals surface area contributed by atoms with Gasteiger partial charge in [-0.3, -0.25) is 4.79 Å². The third-order valence-electron chi connectivity index (χ3n) is 4.20. The molecule has 128 valence electrons. The quantitative estimate of drug-likeness (QED) is 0.767. The summed E-state index contributed by atoms with van der Waals surface area (Å²) in [6.07, 6.45) is 1.49. The molecule has 0 bridgehead atoms. The van der Waals surface area contributed by atoms with Gasteiger partial charge >= 0.3 is 0 Å². The number of aryl methyl sites for hydroxylation is 1. The smallest absolute Gasteiger partial charge is 0.289 e.